The number of alkyl halides is 1. The molecule has 0 aromatic carbocycles. The second-order valence-electron chi connectivity index (χ2n) is 5.13. The highest BCUT2D eigenvalue weighted by atomic mass is 79.9. The Balaban J connectivity index is 1.95. The number of H-pyrrole nitrogens is 1. The van der Waals surface area contributed by atoms with Crippen molar-refractivity contribution in [2.45, 2.75) is 17.5 Å². The molecule has 1 aromatic rings. The molecule has 0 radical (unpaired) electrons. The molecule has 0 amide bonds. The smallest absolute Gasteiger partial charge is 0.277 e. The zero-order valence-corrected chi connectivity index (χ0v) is 12.2. The Bertz CT molecular complexity index is 580. The highest BCUT2D eigenvalue weighted by molar-refractivity contribution is 9.09. The Morgan fingerprint density at radius 3 is 2.85 bits per heavy atom. The summed E-state index contributed by atoms with van der Waals surface area (Å²) < 4.78 is 0. The van der Waals surface area contributed by atoms with Gasteiger partial charge in [0, 0.05) is 25.2 Å². The van der Waals surface area contributed by atoms with Crippen LogP contribution in [0, 0.1) is 11.8 Å². The van der Waals surface area contributed by atoms with Crippen LogP contribution in [-0.2, 0) is 0 Å². The van der Waals surface area contributed by atoms with E-state index in [4.69, 9.17) is 5.73 Å². The van der Waals surface area contributed by atoms with Crippen molar-refractivity contribution in [3.8, 4) is 0 Å². The maximum Gasteiger partial charge on any atom is 0.277 e. The molecule has 0 bridgehead atoms. The van der Waals surface area contributed by atoms with Crippen LogP contribution in [0.5, 0.6) is 0 Å². The molecule has 1 aliphatic heterocycles. The number of aromatic nitrogens is 2. The maximum absolute atomic E-state index is 11.8. The molecule has 1 aliphatic carbocycles. The molecule has 0 saturated heterocycles. The first kappa shape index (κ1) is 13.7. The number of anilines is 3. The van der Waals surface area contributed by atoms with E-state index < -0.39 is 0 Å². The normalized spacial score (nSPS) is 31.6. The van der Waals surface area contributed by atoms with Crippen LogP contribution in [0.1, 0.15) is 6.42 Å². The minimum absolute atomic E-state index is 0.00368. The van der Waals surface area contributed by atoms with E-state index in [1.165, 1.54) is 0 Å². The van der Waals surface area contributed by atoms with Crippen molar-refractivity contribution in [3.05, 3.63) is 10.4 Å². The molecule has 1 fully saturated rings. The minimum Gasteiger partial charge on any atom is -0.396 e. The van der Waals surface area contributed by atoms with Crippen LogP contribution in [0.15, 0.2) is 4.79 Å². The first-order valence-electron chi connectivity index (χ1n) is 6.37. The van der Waals surface area contributed by atoms with Gasteiger partial charge in [-0.3, -0.25) is 9.78 Å². The fourth-order valence-corrected chi connectivity index (χ4v) is 3.72. The molecule has 1 aromatic heterocycles. The minimum atomic E-state index is -0.321. The number of aromatic amines is 1. The zero-order chi connectivity index (χ0) is 14.4. The lowest BCUT2D eigenvalue weighted by molar-refractivity contribution is 0.0217. The summed E-state index contributed by atoms with van der Waals surface area (Å²) in [5, 5.41) is 21.4. The molecule has 4 atom stereocenters. The fourth-order valence-electron chi connectivity index (χ4n) is 3.00. The molecule has 110 valence electrons. The number of aliphatic hydroxyl groups excluding tert-OH is 2. The summed E-state index contributed by atoms with van der Waals surface area (Å²) in [4.78, 5) is 20.4. The van der Waals surface area contributed by atoms with Crippen molar-refractivity contribution in [1.82, 2.24) is 9.97 Å². The topological polar surface area (TPSA) is 128 Å². The lowest BCUT2D eigenvalue weighted by Gasteiger charge is -2.48. The van der Waals surface area contributed by atoms with E-state index in [1.54, 1.807) is 0 Å². The van der Waals surface area contributed by atoms with E-state index in [9.17, 15) is 15.0 Å². The van der Waals surface area contributed by atoms with Crippen LogP contribution in [0.2, 0.25) is 0 Å². The van der Waals surface area contributed by atoms with E-state index in [1.807, 2.05) is 4.90 Å². The first-order chi connectivity index (χ1) is 9.56. The summed E-state index contributed by atoms with van der Waals surface area (Å²) in [5.74, 6) is 0.567. The molecule has 1 saturated carbocycles. The number of aliphatic hydroxyl groups is 2. The predicted molar refractivity (Wildman–Crippen MR) is 77.6 cm³/mol. The molecular weight excluding hydrogens is 330 g/mol. The van der Waals surface area contributed by atoms with Gasteiger partial charge in [0.05, 0.1) is 0 Å². The summed E-state index contributed by atoms with van der Waals surface area (Å²) in [6.45, 7) is 0.0356. The molecule has 6 N–H and O–H groups in total. The highest BCUT2D eigenvalue weighted by Gasteiger charge is 2.48. The summed E-state index contributed by atoms with van der Waals surface area (Å²) in [5.41, 5.74) is 5.64. The number of rotatable bonds is 3. The second kappa shape index (κ2) is 4.90. The van der Waals surface area contributed by atoms with Gasteiger partial charge >= 0.3 is 0 Å². The fraction of sp³-hybridized carbons (Fsp3) is 0.636. The Kier molecular flexibility index (Phi) is 3.35. The van der Waals surface area contributed by atoms with E-state index in [0.29, 0.717) is 11.5 Å². The van der Waals surface area contributed by atoms with E-state index >= 15 is 0 Å². The average Bonchev–Trinajstić information content (AvgIpc) is 2.67. The van der Waals surface area contributed by atoms with Crippen LogP contribution < -0.4 is 21.5 Å². The van der Waals surface area contributed by atoms with Gasteiger partial charge in [-0.2, -0.15) is 4.98 Å². The molecule has 3 rings (SSSR count). The highest BCUT2D eigenvalue weighted by Crippen LogP contribution is 2.44. The van der Waals surface area contributed by atoms with E-state index in [-0.39, 0.29) is 47.7 Å². The quantitative estimate of drug-likeness (QED) is 0.360. The van der Waals surface area contributed by atoms with Crippen molar-refractivity contribution in [2.75, 3.05) is 29.2 Å². The second-order valence-corrected chi connectivity index (χ2v) is 6.00. The van der Waals surface area contributed by atoms with Gasteiger partial charge in [-0.1, -0.05) is 0 Å². The van der Waals surface area contributed by atoms with Crippen molar-refractivity contribution in [2.24, 2.45) is 11.8 Å². The predicted octanol–water partition coefficient (Wildman–Crippen LogP) is -0.748. The third kappa shape index (κ3) is 1.88. The molecule has 2 aliphatic rings. The van der Waals surface area contributed by atoms with Crippen LogP contribution in [0.25, 0.3) is 0 Å². The van der Waals surface area contributed by atoms with E-state index in [2.05, 4.69) is 31.2 Å². The molecule has 20 heavy (non-hydrogen) atoms. The Hall–Kier alpha value is -1.32. The van der Waals surface area contributed by atoms with Gasteiger partial charge in [0.15, 0.2) is 10.9 Å². The van der Waals surface area contributed by atoms with Gasteiger partial charge in [-0.05, 0) is 28.3 Å². The van der Waals surface area contributed by atoms with E-state index in [0.717, 1.165) is 6.42 Å². The Morgan fingerprint density at radius 1 is 1.45 bits per heavy atom. The number of hydrogen-bond donors (Lipinski definition) is 5. The van der Waals surface area contributed by atoms with Crippen LogP contribution in [-0.4, -0.2) is 44.5 Å². The number of fused-ring (bicyclic) bond motifs is 1. The lowest BCUT2D eigenvalue weighted by Crippen LogP contribution is -2.57. The largest absolute Gasteiger partial charge is 0.396 e. The lowest BCUT2D eigenvalue weighted by atomic mass is 9.69. The molecule has 2 heterocycles. The van der Waals surface area contributed by atoms with Gasteiger partial charge in [0.25, 0.3) is 5.56 Å². The molecule has 0 spiro atoms. The molecule has 4 unspecified atom stereocenters. The van der Waals surface area contributed by atoms with Gasteiger partial charge in [-0.15, -0.1) is 0 Å². The first-order valence-corrected chi connectivity index (χ1v) is 7.28. The number of nitrogens with two attached hydrogens (primary N) is 1. The average molecular weight is 346 g/mol. The monoisotopic (exact) mass is 345 g/mol. The summed E-state index contributed by atoms with van der Waals surface area (Å²) >= 11 is 3.46. The van der Waals surface area contributed by atoms with Crippen LogP contribution in [0.4, 0.5) is 17.5 Å². The van der Waals surface area contributed by atoms with Crippen molar-refractivity contribution < 1.29 is 10.2 Å². The van der Waals surface area contributed by atoms with Gasteiger partial charge in [0.1, 0.15) is 5.69 Å². The number of nitrogens with zero attached hydrogens (tertiary/aromatic N) is 2. The Morgan fingerprint density at radius 2 is 2.20 bits per heavy atom. The van der Waals surface area contributed by atoms with Crippen LogP contribution in [0.3, 0.4) is 0 Å². The maximum atomic E-state index is 11.8. The van der Waals surface area contributed by atoms with Crippen molar-refractivity contribution in [3.63, 3.8) is 0 Å². The SMILES string of the molecule is Nc1nc2c(c(=O)[nH]1)NC(Br)N2C1CC(CO)C1CO. The third-order valence-corrected chi connectivity index (χ3v) is 4.79. The molecule has 8 nitrogen and oxygen atoms in total. The molecule has 9 heteroatoms. The van der Waals surface area contributed by atoms with Gasteiger partial charge in [-0.25, -0.2) is 0 Å². The van der Waals surface area contributed by atoms with Gasteiger partial charge in [0.2, 0.25) is 5.95 Å². The standard InChI is InChI=1S/C11H16BrN5O3/c12-10-14-7-8(15-11(13)16-9(7)20)17(10)6-1-4(2-18)5(6)3-19/h4-6,10,14,18-19H,1-3H2,(H3,13,15,16,20). The number of nitrogen functional groups attached to an aromatic ring is 1. The number of hydrogen-bond acceptors (Lipinski definition) is 7. The summed E-state index contributed by atoms with van der Waals surface area (Å²) in [6.07, 6.45) is 0.735. The van der Waals surface area contributed by atoms with Gasteiger partial charge < -0.3 is 26.2 Å². The Labute approximate surface area is 123 Å². The third-order valence-electron chi connectivity index (χ3n) is 4.12. The zero-order valence-electron chi connectivity index (χ0n) is 10.6. The number of halogens is 1. The van der Waals surface area contributed by atoms with Crippen LogP contribution >= 0.6 is 15.9 Å². The molecular formula is C11H16BrN5O3. The van der Waals surface area contributed by atoms with Crippen molar-refractivity contribution >= 4 is 33.4 Å². The van der Waals surface area contributed by atoms with Crippen molar-refractivity contribution in [1.29, 1.82) is 0 Å². The number of nitrogens with one attached hydrogen (secondary N) is 2. The summed E-state index contributed by atoms with van der Waals surface area (Å²) in [6, 6.07) is 0.00368. The summed E-state index contributed by atoms with van der Waals surface area (Å²) in [7, 11) is 0.